The third-order valence-electron chi connectivity index (χ3n) is 3.45. The highest BCUT2D eigenvalue weighted by Gasteiger charge is 2.29. The molecular weight excluding hydrogens is 316 g/mol. The molecular formula is C16H24N2O4S. The highest BCUT2D eigenvalue weighted by Crippen LogP contribution is 2.19. The van der Waals surface area contributed by atoms with Gasteiger partial charge in [0.1, 0.15) is 0 Å². The molecule has 1 atom stereocenters. The normalized spacial score (nSPS) is 20.3. The molecule has 1 aromatic carbocycles. The number of hydrogen-bond acceptors (Lipinski definition) is 4. The van der Waals surface area contributed by atoms with E-state index in [-0.39, 0.29) is 22.4 Å². The highest BCUT2D eigenvalue weighted by molar-refractivity contribution is 7.89. The number of ether oxygens (including phenoxy) is 1. The van der Waals surface area contributed by atoms with Crippen LogP contribution in [0.1, 0.15) is 38.1 Å². The molecule has 1 heterocycles. The topological polar surface area (TPSA) is 75.7 Å². The average Bonchev–Trinajstić information content (AvgIpc) is 2.45. The molecule has 7 heteroatoms. The molecule has 0 aromatic heterocycles. The van der Waals surface area contributed by atoms with E-state index in [2.05, 4.69) is 5.32 Å². The van der Waals surface area contributed by atoms with Gasteiger partial charge < -0.3 is 10.1 Å². The maximum Gasteiger partial charge on any atom is 0.251 e. The number of carbonyl (C=O) groups excluding carboxylic acids is 1. The summed E-state index contributed by atoms with van der Waals surface area (Å²) in [5, 5.41) is 2.85. The number of morpholine rings is 1. The lowest BCUT2D eigenvalue weighted by atomic mass is 10.1. The van der Waals surface area contributed by atoms with E-state index in [0.29, 0.717) is 25.3 Å². The van der Waals surface area contributed by atoms with Gasteiger partial charge in [0.15, 0.2) is 0 Å². The minimum atomic E-state index is -3.55. The van der Waals surface area contributed by atoms with Crippen LogP contribution >= 0.6 is 0 Å². The van der Waals surface area contributed by atoms with Crippen LogP contribution < -0.4 is 5.32 Å². The molecule has 0 saturated carbocycles. The van der Waals surface area contributed by atoms with Crippen LogP contribution in [0.2, 0.25) is 0 Å². The van der Waals surface area contributed by atoms with Crippen molar-refractivity contribution in [3.05, 3.63) is 29.8 Å². The average molecular weight is 340 g/mol. The molecule has 1 aliphatic rings. The molecule has 1 N–H and O–H groups in total. The summed E-state index contributed by atoms with van der Waals surface area (Å²) < 4.78 is 32.0. The third kappa shape index (κ3) is 4.53. The van der Waals surface area contributed by atoms with Gasteiger partial charge in [0.2, 0.25) is 10.0 Å². The zero-order valence-electron chi connectivity index (χ0n) is 14.0. The number of benzene rings is 1. The first kappa shape index (κ1) is 17.9. The zero-order chi connectivity index (χ0) is 17.3. The molecule has 1 unspecified atom stereocenters. The second-order valence-corrected chi connectivity index (χ2v) is 8.71. The fourth-order valence-corrected chi connectivity index (χ4v) is 3.84. The molecule has 0 aliphatic carbocycles. The number of sulfonamides is 1. The molecule has 6 nitrogen and oxygen atoms in total. The van der Waals surface area contributed by atoms with Gasteiger partial charge in [-0.3, -0.25) is 4.79 Å². The second kappa shape index (κ2) is 6.59. The predicted octanol–water partition coefficient (Wildman–Crippen LogP) is 1.62. The Morgan fingerprint density at radius 3 is 2.39 bits per heavy atom. The van der Waals surface area contributed by atoms with Crippen LogP contribution in [0.4, 0.5) is 0 Å². The molecule has 1 saturated heterocycles. The van der Waals surface area contributed by atoms with Gasteiger partial charge >= 0.3 is 0 Å². The molecule has 0 radical (unpaired) electrons. The molecule has 23 heavy (non-hydrogen) atoms. The van der Waals surface area contributed by atoms with Gasteiger partial charge in [0.25, 0.3) is 5.91 Å². The Labute approximate surface area is 137 Å². The Morgan fingerprint density at radius 1 is 1.26 bits per heavy atom. The van der Waals surface area contributed by atoms with E-state index in [4.69, 9.17) is 4.74 Å². The van der Waals surface area contributed by atoms with Crippen molar-refractivity contribution in [3.8, 4) is 0 Å². The van der Waals surface area contributed by atoms with Gasteiger partial charge in [0, 0.05) is 24.2 Å². The molecule has 128 valence electrons. The van der Waals surface area contributed by atoms with Crippen molar-refractivity contribution in [2.75, 3.05) is 19.7 Å². The summed E-state index contributed by atoms with van der Waals surface area (Å²) in [4.78, 5) is 12.3. The Morgan fingerprint density at radius 2 is 1.87 bits per heavy atom. The van der Waals surface area contributed by atoms with Crippen molar-refractivity contribution >= 4 is 15.9 Å². The fraction of sp³-hybridized carbons (Fsp3) is 0.562. The Hall–Kier alpha value is -1.44. The number of rotatable bonds is 3. The molecule has 1 aliphatic heterocycles. The lowest BCUT2D eigenvalue weighted by Gasteiger charge is -2.30. The largest absolute Gasteiger partial charge is 0.376 e. The Kier molecular flexibility index (Phi) is 5.13. The van der Waals surface area contributed by atoms with Crippen molar-refractivity contribution in [2.24, 2.45) is 0 Å². The van der Waals surface area contributed by atoms with Gasteiger partial charge in [0.05, 0.1) is 17.6 Å². The smallest absolute Gasteiger partial charge is 0.251 e. The van der Waals surface area contributed by atoms with Crippen LogP contribution in [0.3, 0.4) is 0 Å². The molecule has 1 amide bonds. The summed E-state index contributed by atoms with van der Waals surface area (Å²) >= 11 is 0. The summed E-state index contributed by atoms with van der Waals surface area (Å²) in [5.41, 5.74) is 0.0976. The number of nitrogens with zero attached hydrogens (tertiary/aromatic N) is 1. The lowest BCUT2D eigenvalue weighted by molar-refractivity contribution is 0.0102. The maximum absolute atomic E-state index is 12.6. The molecule has 0 spiro atoms. The number of hydrogen-bond donors (Lipinski definition) is 1. The maximum atomic E-state index is 12.6. The Bertz CT molecular complexity index is 662. The minimum Gasteiger partial charge on any atom is -0.376 e. The monoisotopic (exact) mass is 340 g/mol. The number of nitrogens with one attached hydrogen (secondary N) is 1. The standard InChI is InChI=1S/C16H24N2O4S/c1-12-11-18(9-10-22-12)23(20,21)14-7-5-13(6-8-14)15(19)17-16(2,3)4/h5-8,12H,9-11H2,1-4H3,(H,17,19). The molecule has 2 rings (SSSR count). The predicted molar refractivity (Wildman–Crippen MR) is 87.8 cm³/mol. The summed E-state index contributed by atoms with van der Waals surface area (Å²) in [6.45, 7) is 8.61. The Balaban J connectivity index is 2.17. The second-order valence-electron chi connectivity index (χ2n) is 6.77. The van der Waals surface area contributed by atoms with Crippen LogP contribution in [-0.4, -0.2) is 50.0 Å². The number of amides is 1. The van der Waals surface area contributed by atoms with E-state index in [1.54, 1.807) is 0 Å². The van der Waals surface area contributed by atoms with Gasteiger partial charge in [-0.25, -0.2) is 8.42 Å². The van der Waals surface area contributed by atoms with Crippen LogP contribution in [-0.2, 0) is 14.8 Å². The van der Waals surface area contributed by atoms with E-state index in [1.165, 1.54) is 28.6 Å². The summed E-state index contributed by atoms with van der Waals surface area (Å²) in [6, 6.07) is 6.04. The molecule has 0 bridgehead atoms. The van der Waals surface area contributed by atoms with Gasteiger partial charge in [-0.05, 0) is 52.0 Å². The molecule has 1 fully saturated rings. The van der Waals surface area contributed by atoms with Crippen LogP contribution in [0.5, 0.6) is 0 Å². The van der Waals surface area contributed by atoms with E-state index in [1.807, 2.05) is 27.7 Å². The van der Waals surface area contributed by atoms with Crippen molar-refractivity contribution in [2.45, 2.75) is 44.2 Å². The summed E-state index contributed by atoms with van der Waals surface area (Å²) in [6.07, 6.45) is -0.115. The fourth-order valence-electron chi connectivity index (χ4n) is 2.34. The van der Waals surface area contributed by atoms with Gasteiger partial charge in [-0.15, -0.1) is 0 Å². The van der Waals surface area contributed by atoms with Crippen LogP contribution in [0.25, 0.3) is 0 Å². The van der Waals surface area contributed by atoms with E-state index >= 15 is 0 Å². The van der Waals surface area contributed by atoms with Crippen LogP contribution in [0.15, 0.2) is 29.2 Å². The summed E-state index contributed by atoms with van der Waals surface area (Å²) in [7, 11) is -3.55. The van der Waals surface area contributed by atoms with Crippen molar-refractivity contribution < 1.29 is 17.9 Å². The van der Waals surface area contributed by atoms with Gasteiger partial charge in [-0.2, -0.15) is 4.31 Å². The minimum absolute atomic E-state index is 0.115. The van der Waals surface area contributed by atoms with Crippen molar-refractivity contribution in [3.63, 3.8) is 0 Å². The van der Waals surface area contributed by atoms with Crippen LogP contribution in [0, 0.1) is 0 Å². The lowest BCUT2D eigenvalue weighted by Crippen LogP contribution is -2.44. The van der Waals surface area contributed by atoms with Crippen molar-refractivity contribution in [1.29, 1.82) is 0 Å². The number of carbonyl (C=O) groups is 1. The SMILES string of the molecule is CC1CN(S(=O)(=O)c2ccc(C(=O)NC(C)(C)C)cc2)CCO1. The van der Waals surface area contributed by atoms with E-state index in [9.17, 15) is 13.2 Å². The summed E-state index contributed by atoms with van der Waals surface area (Å²) in [5.74, 6) is -0.221. The third-order valence-corrected chi connectivity index (χ3v) is 5.33. The molecule has 1 aromatic rings. The first-order valence-corrected chi connectivity index (χ1v) is 9.08. The zero-order valence-corrected chi connectivity index (χ0v) is 14.8. The van der Waals surface area contributed by atoms with Crippen molar-refractivity contribution in [1.82, 2.24) is 9.62 Å². The van der Waals surface area contributed by atoms with Gasteiger partial charge in [-0.1, -0.05) is 0 Å². The van der Waals surface area contributed by atoms with E-state index < -0.39 is 10.0 Å². The highest BCUT2D eigenvalue weighted by atomic mass is 32.2. The van der Waals surface area contributed by atoms with E-state index in [0.717, 1.165) is 0 Å². The quantitative estimate of drug-likeness (QED) is 0.907. The first-order valence-electron chi connectivity index (χ1n) is 7.64. The first-order chi connectivity index (χ1) is 10.6.